The zero-order valence-electron chi connectivity index (χ0n) is 13.1. The number of ether oxygens (including phenoxy) is 2. The summed E-state index contributed by atoms with van der Waals surface area (Å²) in [6, 6.07) is 4.38. The molecule has 0 saturated carbocycles. The van der Waals surface area contributed by atoms with Crippen LogP contribution in [0, 0.1) is 11.8 Å². The number of halogens is 3. The van der Waals surface area contributed by atoms with Gasteiger partial charge in [-0.2, -0.15) is 13.2 Å². The molecule has 1 saturated heterocycles. The summed E-state index contributed by atoms with van der Waals surface area (Å²) in [5.41, 5.74) is 0.135. The molecule has 6 nitrogen and oxygen atoms in total. The second-order valence-electron chi connectivity index (χ2n) is 6.01. The minimum atomic E-state index is -4.68. The van der Waals surface area contributed by atoms with Gasteiger partial charge in [-0.1, -0.05) is 0 Å². The highest BCUT2D eigenvalue weighted by Gasteiger charge is 2.53. The Labute approximate surface area is 141 Å². The lowest BCUT2D eigenvalue weighted by molar-refractivity contribution is -0.187. The second kappa shape index (κ2) is 6.45. The number of amides is 1. The Morgan fingerprint density at radius 3 is 2.40 bits per heavy atom. The Balaban J connectivity index is 1.82. The number of hydrogen-bond donors (Lipinski definition) is 1. The van der Waals surface area contributed by atoms with Crippen molar-refractivity contribution in [2.45, 2.75) is 12.6 Å². The van der Waals surface area contributed by atoms with Crippen LogP contribution in [-0.2, 0) is 4.79 Å². The number of likely N-dealkylation sites (tertiary alicyclic amines) is 1. The Hall–Kier alpha value is -2.45. The van der Waals surface area contributed by atoms with E-state index in [1.165, 1.54) is 18.2 Å². The lowest BCUT2D eigenvalue weighted by Crippen LogP contribution is -2.34. The monoisotopic (exact) mass is 359 g/mol. The zero-order chi connectivity index (χ0) is 18.2. The van der Waals surface area contributed by atoms with Crippen LogP contribution in [-0.4, -0.2) is 54.4 Å². The first kappa shape index (κ1) is 17.4. The smallest absolute Gasteiger partial charge is 0.394 e. The molecule has 1 aromatic carbocycles. The Bertz CT molecular complexity index is 691. The standard InChI is InChI=1S/C16H16F3NO5/c17-16(18,19)11-8-20(7-10(11)15(22)23)14(21)9-2-3-12-13(6-9)25-5-1-4-24-12/h2-3,6,10-11H,1,4-5,7-8H2,(H,22,23)/t10-,11-/m1/s1. The highest BCUT2D eigenvalue weighted by atomic mass is 19.4. The maximum Gasteiger partial charge on any atom is 0.394 e. The molecule has 1 amide bonds. The number of hydrogen-bond acceptors (Lipinski definition) is 4. The summed E-state index contributed by atoms with van der Waals surface area (Å²) in [7, 11) is 0. The summed E-state index contributed by atoms with van der Waals surface area (Å²) in [5, 5.41) is 9.03. The average molecular weight is 359 g/mol. The summed E-state index contributed by atoms with van der Waals surface area (Å²) < 4.78 is 50.0. The van der Waals surface area contributed by atoms with Crippen molar-refractivity contribution in [2.75, 3.05) is 26.3 Å². The molecular formula is C16H16F3NO5. The van der Waals surface area contributed by atoms with Gasteiger partial charge in [0.05, 0.1) is 25.0 Å². The largest absolute Gasteiger partial charge is 0.490 e. The lowest BCUT2D eigenvalue weighted by atomic mass is 9.96. The molecule has 3 rings (SSSR count). The molecule has 0 aliphatic carbocycles. The highest BCUT2D eigenvalue weighted by molar-refractivity contribution is 5.95. The number of carboxylic acids is 1. The number of benzene rings is 1. The van der Waals surface area contributed by atoms with Gasteiger partial charge in [0.1, 0.15) is 0 Å². The predicted molar refractivity (Wildman–Crippen MR) is 78.6 cm³/mol. The van der Waals surface area contributed by atoms with Gasteiger partial charge in [-0.15, -0.1) is 0 Å². The van der Waals surface area contributed by atoms with Gasteiger partial charge in [0, 0.05) is 25.1 Å². The van der Waals surface area contributed by atoms with E-state index in [0.29, 0.717) is 31.1 Å². The molecule has 1 N–H and O–H groups in total. The Morgan fingerprint density at radius 1 is 1.12 bits per heavy atom. The molecule has 136 valence electrons. The van der Waals surface area contributed by atoms with Crippen LogP contribution in [0.1, 0.15) is 16.8 Å². The van der Waals surface area contributed by atoms with E-state index in [1.807, 2.05) is 0 Å². The van der Waals surface area contributed by atoms with Crippen LogP contribution in [0.25, 0.3) is 0 Å². The maximum absolute atomic E-state index is 13.0. The van der Waals surface area contributed by atoms with Crippen molar-refractivity contribution >= 4 is 11.9 Å². The van der Waals surface area contributed by atoms with Crippen LogP contribution in [0.3, 0.4) is 0 Å². The van der Waals surface area contributed by atoms with Crippen molar-refractivity contribution in [2.24, 2.45) is 11.8 Å². The predicted octanol–water partition coefficient (Wildman–Crippen LogP) is 2.18. The first-order valence-electron chi connectivity index (χ1n) is 7.76. The molecule has 0 unspecified atom stereocenters. The molecule has 9 heteroatoms. The van der Waals surface area contributed by atoms with E-state index in [0.717, 1.165) is 4.90 Å². The van der Waals surface area contributed by atoms with Crippen molar-refractivity contribution in [3.8, 4) is 11.5 Å². The normalized spacial score (nSPS) is 23.2. The first-order valence-corrected chi connectivity index (χ1v) is 7.76. The van der Waals surface area contributed by atoms with Gasteiger partial charge in [0.25, 0.3) is 5.91 Å². The molecule has 2 atom stereocenters. The summed E-state index contributed by atoms with van der Waals surface area (Å²) in [4.78, 5) is 24.6. The van der Waals surface area contributed by atoms with E-state index in [9.17, 15) is 22.8 Å². The van der Waals surface area contributed by atoms with Gasteiger partial charge < -0.3 is 19.5 Å². The molecule has 2 aliphatic rings. The van der Waals surface area contributed by atoms with Crippen LogP contribution in [0.5, 0.6) is 11.5 Å². The van der Waals surface area contributed by atoms with Crippen LogP contribution in [0.15, 0.2) is 18.2 Å². The molecule has 2 aliphatic heterocycles. The maximum atomic E-state index is 13.0. The molecule has 0 aromatic heterocycles. The average Bonchev–Trinajstić information content (AvgIpc) is 2.88. The lowest BCUT2D eigenvalue weighted by Gasteiger charge is -2.18. The zero-order valence-corrected chi connectivity index (χ0v) is 13.1. The van der Waals surface area contributed by atoms with Crippen molar-refractivity contribution < 1.29 is 37.3 Å². The third kappa shape index (κ3) is 3.49. The number of alkyl halides is 3. The van der Waals surface area contributed by atoms with Crippen LogP contribution >= 0.6 is 0 Å². The van der Waals surface area contributed by atoms with E-state index in [-0.39, 0.29) is 5.56 Å². The minimum absolute atomic E-state index is 0.135. The number of aliphatic carboxylic acids is 1. The molecule has 2 heterocycles. The number of nitrogens with zero attached hydrogens (tertiary/aromatic N) is 1. The van der Waals surface area contributed by atoms with Gasteiger partial charge in [0.2, 0.25) is 0 Å². The molecule has 25 heavy (non-hydrogen) atoms. The molecule has 0 bridgehead atoms. The fourth-order valence-electron chi connectivity index (χ4n) is 3.03. The first-order chi connectivity index (χ1) is 11.8. The van der Waals surface area contributed by atoms with Crippen molar-refractivity contribution in [3.05, 3.63) is 23.8 Å². The van der Waals surface area contributed by atoms with Gasteiger partial charge in [-0.3, -0.25) is 9.59 Å². The van der Waals surface area contributed by atoms with Crippen LogP contribution in [0.4, 0.5) is 13.2 Å². The molecule has 1 fully saturated rings. The second-order valence-corrected chi connectivity index (χ2v) is 6.01. The quantitative estimate of drug-likeness (QED) is 0.876. The van der Waals surface area contributed by atoms with E-state index < -0.39 is 43.0 Å². The summed E-state index contributed by atoms with van der Waals surface area (Å²) in [6.07, 6.45) is -4.00. The van der Waals surface area contributed by atoms with Gasteiger partial charge in [-0.25, -0.2) is 0 Å². The van der Waals surface area contributed by atoms with Crippen LogP contribution in [0.2, 0.25) is 0 Å². The van der Waals surface area contributed by atoms with Crippen molar-refractivity contribution in [1.29, 1.82) is 0 Å². The Morgan fingerprint density at radius 2 is 1.80 bits per heavy atom. The molecular weight excluding hydrogens is 343 g/mol. The number of carbonyl (C=O) groups excluding carboxylic acids is 1. The van der Waals surface area contributed by atoms with E-state index in [2.05, 4.69) is 0 Å². The van der Waals surface area contributed by atoms with Gasteiger partial charge in [-0.05, 0) is 18.2 Å². The topological polar surface area (TPSA) is 76.1 Å². The SMILES string of the molecule is O=C(O)[C@@H]1CN(C(=O)c2ccc3c(c2)OCCCO3)C[C@H]1C(F)(F)F. The molecule has 1 aromatic rings. The van der Waals surface area contributed by atoms with Crippen LogP contribution < -0.4 is 9.47 Å². The number of rotatable bonds is 2. The third-order valence-corrected chi connectivity index (χ3v) is 4.34. The van der Waals surface area contributed by atoms with Gasteiger partial charge >= 0.3 is 12.1 Å². The van der Waals surface area contributed by atoms with E-state index in [4.69, 9.17) is 14.6 Å². The summed E-state index contributed by atoms with van der Waals surface area (Å²) in [6.45, 7) is -0.272. The Kier molecular flexibility index (Phi) is 4.49. The highest BCUT2D eigenvalue weighted by Crippen LogP contribution is 2.38. The van der Waals surface area contributed by atoms with E-state index in [1.54, 1.807) is 0 Å². The van der Waals surface area contributed by atoms with E-state index >= 15 is 0 Å². The summed E-state index contributed by atoms with van der Waals surface area (Å²) >= 11 is 0. The fraction of sp³-hybridized carbons (Fsp3) is 0.500. The number of carbonyl (C=O) groups is 2. The molecule has 0 spiro atoms. The third-order valence-electron chi connectivity index (χ3n) is 4.34. The molecule has 0 radical (unpaired) electrons. The van der Waals surface area contributed by atoms with Crippen molar-refractivity contribution in [3.63, 3.8) is 0 Å². The minimum Gasteiger partial charge on any atom is -0.490 e. The van der Waals surface area contributed by atoms with Crippen molar-refractivity contribution in [1.82, 2.24) is 4.90 Å². The number of carboxylic acid groups (broad SMARTS) is 1. The fourth-order valence-corrected chi connectivity index (χ4v) is 3.03. The summed E-state index contributed by atoms with van der Waals surface area (Å²) in [5.74, 6) is -5.14. The van der Waals surface area contributed by atoms with Gasteiger partial charge in [0.15, 0.2) is 11.5 Å². The number of fused-ring (bicyclic) bond motifs is 1.